The van der Waals surface area contributed by atoms with Gasteiger partial charge >= 0.3 is 0 Å². The number of furan rings is 1. The average molecular weight is 704 g/mol. The smallest absolute Gasteiger partial charge is 0.164 e. The first-order chi connectivity index (χ1) is 27.3. The maximum absolute atomic E-state index is 7.02. The molecule has 0 aliphatic heterocycles. The molecule has 0 unspecified atom stereocenters. The summed E-state index contributed by atoms with van der Waals surface area (Å²) in [7, 11) is 0. The topological polar surface area (TPSA) is 51.8 Å². The molecule has 0 bridgehead atoms. The van der Waals surface area contributed by atoms with Gasteiger partial charge in [-0.3, -0.25) is 0 Å². The minimum atomic E-state index is 0.584. The van der Waals surface area contributed by atoms with Crippen LogP contribution in [0.25, 0.3) is 101 Å². The molecule has 0 saturated heterocycles. The van der Waals surface area contributed by atoms with Crippen molar-refractivity contribution in [1.82, 2.24) is 15.0 Å². The highest BCUT2D eigenvalue weighted by Crippen LogP contribution is 2.44. The number of benzene rings is 8. The van der Waals surface area contributed by atoms with Crippen LogP contribution in [0.1, 0.15) is 0 Å². The second-order valence-corrected chi connectivity index (χ2v) is 13.6. The fourth-order valence-electron chi connectivity index (χ4n) is 7.45. The average Bonchev–Trinajstić information content (AvgIpc) is 3.66. The van der Waals surface area contributed by atoms with Gasteiger partial charge in [-0.15, -0.1) is 0 Å². The Hall–Kier alpha value is -7.43. The van der Waals surface area contributed by atoms with Crippen molar-refractivity contribution < 1.29 is 4.42 Å². The zero-order valence-electron chi connectivity index (χ0n) is 29.8. The summed E-state index contributed by atoms with van der Waals surface area (Å²) in [6.07, 6.45) is 0. The van der Waals surface area contributed by atoms with Crippen LogP contribution in [-0.4, -0.2) is 15.0 Å². The number of aromatic nitrogens is 3. The number of hydrogen-bond donors (Lipinski definition) is 0. The first-order valence-corrected chi connectivity index (χ1v) is 18.4. The fraction of sp³-hybridized carbons (Fsp3) is 0. The highest BCUT2D eigenvalue weighted by Gasteiger charge is 2.22. The van der Waals surface area contributed by atoms with Gasteiger partial charge in [0.25, 0.3) is 0 Å². The summed E-state index contributed by atoms with van der Waals surface area (Å²) in [4.78, 5) is 15.1. The number of para-hydroxylation sites is 1. The Labute approximate surface area is 319 Å². The van der Waals surface area contributed by atoms with Crippen molar-refractivity contribution in [3.05, 3.63) is 200 Å². The van der Waals surface area contributed by atoms with E-state index in [0.29, 0.717) is 17.5 Å². The van der Waals surface area contributed by atoms with E-state index in [1.165, 1.54) is 16.7 Å². The zero-order valence-corrected chi connectivity index (χ0v) is 29.8. The van der Waals surface area contributed by atoms with E-state index in [0.717, 1.165) is 66.4 Å². The van der Waals surface area contributed by atoms with Crippen molar-refractivity contribution >= 4 is 21.9 Å². The maximum Gasteiger partial charge on any atom is 0.164 e. The molecule has 0 spiro atoms. The van der Waals surface area contributed by atoms with E-state index in [4.69, 9.17) is 19.4 Å². The third-order valence-electron chi connectivity index (χ3n) is 10.2. The minimum Gasteiger partial charge on any atom is -0.455 e. The molecule has 2 heterocycles. The summed E-state index contributed by atoms with van der Waals surface area (Å²) in [6.45, 7) is 0. The Morgan fingerprint density at radius 3 is 1.33 bits per heavy atom. The van der Waals surface area contributed by atoms with Gasteiger partial charge in [0.05, 0.1) is 0 Å². The molecule has 10 rings (SSSR count). The van der Waals surface area contributed by atoms with E-state index in [1.54, 1.807) is 0 Å². The van der Waals surface area contributed by atoms with Crippen molar-refractivity contribution in [2.75, 3.05) is 0 Å². The van der Waals surface area contributed by atoms with Gasteiger partial charge in [-0.05, 0) is 51.6 Å². The fourth-order valence-corrected chi connectivity index (χ4v) is 7.45. The van der Waals surface area contributed by atoms with Gasteiger partial charge < -0.3 is 4.42 Å². The quantitative estimate of drug-likeness (QED) is 0.166. The normalized spacial score (nSPS) is 11.3. The highest BCUT2D eigenvalue weighted by atomic mass is 16.3. The minimum absolute atomic E-state index is 0.584. The third kappa shape index (κ3) is 6.06. The highest BCUT2D eigenvalue weighted by molar-refractivity contribution is 6.15. The van der Waals surface area contributed by atoms with Gasteiger partial charge in [0.1, 0.15) is 11.2 Å². The number of nitrogens with zero attached hydrogens (tertiary/aromatic N) is 3. The lowest BCUT2D eigenvalue weighted by Gasteiger charge is -2.12. The standard InChI is InChI=1S/C51H33N3O/c1-5-15-34(16-6-1)40-23-13-24-41(33-40)35-27-29-36(30-28-35)42-25-14-26-43-44-31-32-45(46(48(44)55-47(42)43)37-17-7-2-8-18-37)51-53-49(38-19-9-3-10-20-38)52-50(54-51)39-21-11-4-12-22-39/h1-33H. The molecule has 8 aromatic carbocycles. The summed E-state index contributed by atoms with van der Waals surface area (Å²) < 4.78 is 7.02. The van der Waals surface area contributed by atoms with Crippen molar-refractivity contribution in [2.24, 2.45) is 0 Å². The van der Waals surface area contributed by atoms with Gasteiger partial charge in [-0.2, -0.15) is 0 Å². The van der Waals surface area contributed by atoms with E-state index in [1.807, 2.05) is 66.7 Å². The molecule has 2 aromatic heterocycles. The predicted octanol–water partition coefficient (Wildman–Crippen LogP) is 13.4. The molecule has 0 atom stereocenters. The van der Waals surface area contributed by atoms with Crippen LogP contribution < -0.4 is 0 Å². The van der Waals surface area contributed by atoms with Crippen molar-refractivity contribution in [1.29, 1.82) is 0 Å². The van der Waals surface area contributed by atoms with Crippen LogP contribution in [0, 0.1) is 0 Å². The molecular formula is C51H33N3O. The first kappa shape index (κ1) is 32.2. The van der Waals surface area contributed by atoms with Crippen molar-refractivity contribution in [3.63, 3.8) is 0 Å². The molecular weight excluding hydrogens is 671 g/mol. The van der Waals surface area contributed by atoms with E-state index >= 15 is 0 Å². The third-order valence-corrected chi connectivity index (χ3v) is 10.2. The maximum atomic E-state index is 7.02. The molecule has 0 saturated carbocycles. The molecule has 0 amide bonds. The van der Waals surface area contributed by atoms with E-state index in [9.17, 15) is 0 Å². The Morgan fingerprint density at radius 2 is 0.727 bits per heavy atom. The monoisotopic (exact) mass is 703 g/mol. The zero-order chi connectivity index (χ0) is 36.6. The summed E-state index contributed by atoms with van der Waals surface area (Å²) in [5.41, 5.74) is 13.2. The Balaban J connectivity index is 1.12. The van der Waals surface area contributed by atoms with E-state index in [-0.39, 0.29) is 0 Å². The molecule has 4 nitrogen and oxygen atoms in total. The van der Waals surface area contributed by atoms with Gasteiger partial charge in [0, 0.05) is 38.6 Å². The van der Waals surface area contributed by atoms with Crippen LogP contribution in [0.2, 0.25) is 0 Å². The van der Waals surface area contributed by atoms with Crippen molar-refractivity contribution in [2.45, 2.75) is 0 Å². The number of rotatable bonds is 7. The van der Waals surface area contributed by atoms with Gasteiger partial charge in [0.2, 0.25) is 0 Å². The lowest BCUT2D eigenvalue weighted by Crippen LogP contribution is -2.01. The Bertz CT molecular complexity index is 2880. The van der Waals surface area contributed by atoms with Gasteiger partial charge in [-0.25, -0.2) is 15.0 Å². The second-order valence-electron chi connectivity index (χ2n) is 13.6. The Morgan fingerprint density at radius 1 is 0.273 bits per heavy atom. The molecule has 0 fully saturated rings. The van der Waals surface area contributed by atoms with Crippen LogP contribution in [0.15, 0.2) is 205 Å². The predicted molar refractivity (Wildman–Crippen MR) is 225 cm³/mol. The SMILES string of the molecule is c1ccc(-c2cccc(-c3ccc(-c4cccc5c4oc4c(-c6ccccc6)c(-c6nc(-c7ccccc7)nc(-c7ccccc7)n6)ccc45)cc3)c2)cc1. The first-order valence-electron chi connectivity index (χ1n) is 18.4. The summed E-state index contributed by atoms with van der Waals surface area (Å²) in [5, 5.41) is 2.09. The molecule has 0 aliphatic rings. The molecule has 10 aromatic rings. The molecule has 0 aliphatic carbocycles. The Kier molecular flexibility index (Phi) is 8.12. The van der Waals surface area contributed by atoms with Gasteiger partial charge in [0.15, 0.2) is 17.5 Å². The molecule has 55 heavy (non-hydrogen) atoms. The van der Waals surface area contributed by atoms with Crippen LogP contribution in [-0.2, 0) is 0 Å². The van der Waals surface area contributed by atoms with Crippen LogP contribution >= 0.6 is 0 Å². The molecule has 0 N–H and O–H groups in total. The van der Waals surface area contributed by atoms with Crippen LogP contribution in [0.4, 0.5) is 0 Å². The van der Waals surface area contributed by atoms with E-state index in [2.05, 4.69) is 133 Å². The van der Waals surface area contributed by atoms with E-state index < -0.39 is 0 Å². The largest absolute Gasteiger partial charge is 0.455 e. The lowest BCUT2D eigenvalue weighted by atomic mass is 9.95. The van der Waals surface area contributed by atoms with Gasteiger partial charge in [-0.1, -0.05) is 182 Å². The lowest BCUT2D eigenvalue weighted by molar-refractivity contribution is 0.671. The summed E-state index contributed by atoms with van der Waals surface area (Å²) in [5.74, 6) is 1.82. The summed E-state index contributed by atoms with van der Waals surface area (Å²) in [6, 6.07) is 69.2. The van der Waals surface area contributed by atoms with Crippen LogP contribution in [0.5, 0.6) is 0 Å². The molecule has 4 heteroatoms. The number of fused-ring (bicyclic) bond motifs is 3. The molecule has 258 valence electrons. The second kappa shape index (κ2) is 13.8. The summed E-state index contributed by atoms with van der Waals surface area (Å²) >= 11 is 0. The van der Waals surface area contributed by atoms with Crippen LogP contribution in [0.3, 0.4) is 0 Å². The molecule has 0 radical (unpaired) electrons. The van der Waals surface area contributed by atoms with Crippen molar-refractivity contribution in [3.8, 4) is 78.7 Å². The number of hydrogen-bond acceptors (Lipinski definition) is 4.